The van der Waals surface area contributed by atoms with Crippen molar-refractivity contribution in [3.05, 3.63) is 54.1 Å². The Balaban J connectivity index is 0.000000454. The van der Waals surface area contributed by atoms with E-state index in [1.54, 1.807) is 11.8 Å². The molecule has 1 saturated heterocycles. The van der Waals surface area contributed by atoms with Gasteiger partial charge < -0.3 is 25.0 Å². The summed E-state index contributed by atoms with van der Waals surface area (Å²) in [5.41, 5.74) is 2.27. The smallest absolute Gasteiger partial charge is 0.414 e. The van der Waals surface area contributed by atoms with Crippen LogP contribution in [-0.4, -0.2) is 95.4 Å². The van der Waals surface area contributed by atoms with E-state index in [9.17, 15) is 0 Å². The fourth-order valence-electron chi connectivity index (χ4n) is 3.45. The number of amidine groups is 1. The average Bonchev–Trinajstić information content (AvgIpc) is 2.99. The minimum absolute atomic E-state index is 0.0898. The van der Waals surface area contributed by atoms with E-state index in [4.69, 9.17) is 34.6 Å². The van der Waals surface area contributed by atoms with Gasteiger partial charge in [-0.25, -0.2) is 14.6 Å². The summed E-state index contributed by atoms with van der Waals surface area (Å²) in [6, 6.07) is 16.9. The monoisotopic (exact) mass is 473 g/mol. The Hall–Kier alpha value is -2.92. The summed E-state index contributed by atoms with van der Waals surface area (Å²) >= 11 is 1.80. The molecule has 0 radical (unpaired) electrons. The Kier molecular flexibility index (Phi) is 9.25. The first-order valence-electron chi connectivity index (χ1n) is 10.6. The largest absolute Gasteiger partial charge is 0.473 e. The first kappa shape index (κ1) is 24.7. The van der Waals surface area contributed by atoms with Gasteiger partial charge in [0.25, 0.3) is 0 Å². The highest BCUT2D eigenvalue weighted by Gasteiger charge is 2.24. The lowest BCUT2D eigenvalue weighted by atomic mass is 10.1. The molecule has 33 heavy (non-hydrogen) atoms. The number of hydrogen-bond acceptors (Lipinski definition) is 8. The first-order valence-corrected chi connectivity index (χ1v) is 11.4. The number of carboxylic acids is 2. The molecule has 2 aromatic rings. The number of benzene rings is 2. The molecule has 1 fully saturated rings. The van der Waals surface area contributed by atoms with Crippen LogP contribution >= 0.6 is 11.8 Å². The molecule has 0 amide bonds. The molecule has 9 nitrogen and oxygen atoms in total. The fraction of sp³-hybridized carbons (Fsp3) is 0.348. The molecule has 3 N–H and O–H groups in total. The van der Waals surface area contributed by atoms with E-state index >= 15 is 0 Å². The number of nitrogens with zero attached hydrogens (tertiary/aromatic N) is 3. The van der Waals surface area contributed by atoms with Crippen molar-refractivity contribution in [3.8, 4) is 0 Å². The molecule has 0 bridgehead atoms. The van der Waals surface area contributed by atoms with Gasteiger partial charge in [0.1, 0.15) is 5.84 Å². The van der Waals surface area contributed by atoms with Crippen molar-refractivity contribution >= 4 is 35.2 Å². The Morgan fingerprint density at radius 2 is 1.55 bits per heavy atom. The second kappa shape index (κ2) is 12.4. The molecule has 0 unspecified atom stereocenters. The van der Waals surface area contributed by atoms with Crippen LogP contribution in [0.3, 0.4) is 0 Å². The van der Waals surface area contributed by atoms with Crippen LogP contribution in [0.25, 0.3) is 0 Å². The number of carboxylic acid groups (broad SMARTS) is 2. The number of rotatable bonds is 5. The lowest BCUT2D eigenvalue weighted by molar-refractivity contribution is -0.159. The second-order valence-corrected chi connectivity index (χ2v) is 8.36. The second-order valence-electron chi connectivity index (χ2n) is 7.28. The summed E-state index contributed by atoms with van der Waals surface area (Å²) in [6.07, 6.45) is 0. The number of para-hydroxylation sites is 1. The third-order valence-corrected chi connectivity index (χ3v) is 6.22. The van der Waals surface area contributed by atoms with Crippen molar-refractivity contribution < 1.29 is 29.6 Å². The van der Waals surface area contributed by atoms with Crippen LogP contribution in [0.15, 0.2) is 63.3 Å². The molecule has 4 rings (SSSR count). The van der Waals surface area contributed by atoms with Gasteiger partial charge >= 0.3 is 11.9 Å². The van der Waals surface area contributed by atoms with Gasteiger partial charge in [0, 0.05) is 48.1 Å². The fourth-order valence-corrected chi connectivity index (χ4v) is 4.47. The van der Waals surface area contributed by atoms with Crippen LogP contribution in [0.2, 0.25) is 0 Å². The molecular formula is C23H27N3O6S. The van der Waals surface area contributed by atoms with E-state index in [-0.39, 0.29) is 6.61 Å². The van der Waals surface area contributed by atoms with Gasteiger partial charge in [-0.15, -0.1) is 0 Å². The van der Waals surface area contributed by atoms with Gasteiger partial charge in [-0.1, -0.05) is 42.1 Å². The highest BCUT2D eigenvalue weighted by atomic mass is 32.2. The third kappa shape index (κ3) is 7.03. The number of hydrogen-bond donors (Lipinski definition) is 3. The van der Waals surface area contributed by atoms with Gasteiger partial charge in [-0.05, 0) is 18.2 Å². The van der Waals surface area contributed by atoms with Gasteiger partial charge in [0.15, 0.2) is 0 Å². The van der Waals surface area contributed by atoms with Gasteiger partial charge in [0.2, 0.25) is 0 Å². The molecule has 0 aliphatic carbocycles. The van der Waals surface area contributed by atoms with Gasteiger partial charge in [-0.3, -0.25) is 4.90 Å². The van der Waals surface area contributed by atoms with Gasteiger partial charge in [0.05, 0.1) is 25.5 Å². The van der Waals surface area contributed by atoms with Crippen LogP contribution in [0.1, 0.15) is 5.56 Å². The summed E-state index contributed by atoms with van der Waals surface area (Å²) < 4.78 is 5.40. The number of aliphatic imine (C=N–C) groups is 1. The Morgan fingerprint density at radius 1 is 0.909 bits per heavy atom. The zero-order valence-corrected chi connectivity index (χ0v) is 18.9. The van der Waals surface area contributed by atoms with E-state index < -0.39 is 11.9 Å². The van der Waals surface area contributed by atoms with Crippen molar-refractivity contribution in [1.29, 1.82) is 0 Å². The quantitative estimate of drug-likeness (QED) is 0.442. The summed E-state index contributed by atoms with van der Waals surface area (Å²) in [6.45, 7) is 6.01. The van der Waals surface area contributed by atoms with Crippen LogP contribution < -0.4 is 0 Å². The Morgan fingerprint density at radius 3 is 2.21 bits per heavy atom. The predicted molar refractivity (Wildman–Crippen MR) is 124 cm³/mol. The summed E-state index contributed by atoms with van der Waals surface area (Å²) in [5, 5.41) is 23.6. The molecule has 0 atom stereocenters. The number of ether oxygens (including phenoxy) is 1. The molecule has 2 aromatic carbocycles. The van der Waals surface area contributed by atoms with E-state index in [1.165, 1.54) is 15.4 Å². The first-order chi connectivity index (χ1) is 16.0. The lowest BCUT2D eigenvalue weighted by Crippen LogP contribution is -2.49. The number of aliphatic hydroxyl groups excluding tert-OH is 1. The van der Waals surface area contributed by atoms with E-state index in [0.717, 1.165) is 44.2 Å². The summed E-state index contributed by atoms with van der Waals surface area (Å²) in [7, 11) is 0. The van der Waals surface area contributed by atoms with E-state index in [0.29, 0.717) is 13.2 Å². The molecule has 10 heteroatoms. The van der Waals surface area contributed by atoms with Crippen LogP contribution in [0, 0.1) is 0 Å². The van der Waals surface area contributed by atoms with Crippen LogP contribution in [-0.2, 0) is 14.3 Å². The minimum Gasteiger partial charge on any atom is -0.473 e. The van der Waals surface area contributed by atoms with Crippen molar-refractivity contribution in [2.75, 3.05) is 52.5 Å². The van der Waals surface area contributed by atoms with Crippen molar-refractivity contribution in [2.45, 2.75) is 9.79 Å². The third-order valence-electron chi connectivity index (χ3n) is 5.08. The lowest BCUT2D eigenvalue weighted by Gasteiger charge is -2.36. The highest BCUT2D eigenvalue weighted by molar-refractivity contribution is 7.99. The number of piperazine rings is 1. The van der Waals surface area contributed by atoms with Crippen molar-refractivity contribution in [2.24, 2.45) is 4.99 Å². The number of aliphatic hydroxyl groups is 1. The molecule has 0 saturated carbocycles. The molecule has 2 aliphatic rings. The number of carbonyl (C=O) groups is 2. The molecule has 2 heterocycles. The zero-order valence-electron chi connectivity index (χ0n) is 18.1. The Bertz CT molecular complexity index is 980. The summed E-state index contributed by atoms with van der Waals surface area (Å²) in [4.78, 5) is 30.6. The maximum absolute atomic E-state index is 9.10. The summed E-state index contributed by atoms with van der Waals surface area (Å²) in [5.74, 6) is -2.57. The number of aliphatic carboxylic acids is 2. The number of fused-ring (bicyclic) bond motifs is 2. The van der Waals surface area contributed by atoms with Crippen molar-refractivity contribution in [3.63, 3.8) is 0 Å². The van der Waals surface area contributed by atoms with E-state index in [2.05, 4.69) is 58.3 Å². The maximum atomic E-state index is 9.10. The molecule has 2 aliphatic heterocycles. The predicted octanol–water partition coefficient (Wildman–Crippen LogP) is 2.01. The molecule has 0 aromatic heterocycles. The zero-order chi connectivity index (χ0) is 23.6. The normalized spacial score (nSPS) is 15.3. The standard InChI is InChI=1S/C21H25N3O2S.C2H2O4/c25-14-16-26-15-13-23-9-11-24(12-10-23)21-17-5-1-3-7-19(17)27-20-8-4-2-6-18(20)22-21;3-1(4)2(5)6/h1-8,25H,9-16H2;(H,3,4)(H,5,6). The average molecular weight is 474 g/mol. The maximum Gasteiger partial charge on any atom is 0.414 e. The molecular weight excluding hydrogens is 446 g/mol. The topological polar surface area (TPSA) is 123 Å². The van der Waals surface area contributed by atoms with Crippen LogP contribution in [0.4, 0.5) is 5.69 Å². The highest BCUT2D eigenvalue weighted by Crippen LogP contribution is 2.40. The molecule has 176 valence electrons. The SMILES string of the molecule is O=C(O)C(=O)O.OCCOCCN1CCN(C2=Nc3ccccc3Sc3ccccc32)CC1. The molecule has 0 spiro atoms. The van der Waals surface area contributed by atoms with E-state index in [1.807, 2.05) is 0 Å². The van der Waals surface area contributed by atoms with Gasteiger partial charge in [-0.2, -0.15) is 0 Å². The van der Waals surface area contributed by atoms with Crippen molar-refractivity contribution in [1.82, 2.24) is 9.80 Å². The van der Waals surface area contributed by atoms with Crippen LogP contribution in [0.5, 0.6) is 0 Å². The Labute approximate surface area is 196 Å². The minimum atomic E-state index is -1.82.